The highest BCUT2D eigenvalue weighted by Crippen LogP contribution is 2.02. The summed E-state index contributed by atoms with van der Waals surface area (Å²) in [6.07, 6.45) is -1.51. The topological polar surface area (TPSA) is 67.9 Å². The summed E-state index contributed by atoms with van der Waals surface area (Å²) in [5, 5.41) is 3.60. The van der Waals surface area contributed by atoms with Crippen molar-refractivity contribution in [3.05, 3.63) is 0 Å². The number of nitrogens with one attached hydrogen (secondary N) is 1. The number of hydrogen-bond donors (Lipinski definition) is 1. The normalized spacial score (nSPS) is 12.9. The smallest absolute Gasteiger partial charge is 0.408 e. The zero-order chi connectivity index (χ0) is 12.9. The van der Waals surface area contributed by atoms with E-state index in [9.17, 15) is 9.59 Å². The Morgan fingerprint density at radius 3 is 2.19 bits per heavy atom. The number of alkyl carbamates (subject to hydrolysis) is 1. The summed E-state index contributed by atoms with van der Waals surface area (Å²) in [7, 11) is 2.81. The fourth-order valence-electron chi connectivity index (χ4n) is 0.893. The third-order valence-corrected chi connectivity index (χ3v) is 1.69. The largest absolute Gasteiger partial charge is 0.436 e. The van der Waals surface area contributed by atoms with E-state index < -0.39 is 23.6 Å². The van der Waals surface area contributed by atoms with Gasteiger partial charge in [0.1, 0.15) is 0 Å². The Kier molecular flexibility index (Phi) is 5.23. The van der Waals surface area contributed by atoms with E-state index in [1.54, 1.807) is 0 Å². The van der Waals surface area contributed by atoms with Crippen LogP contribution in [0.25, 0.3) is 0 Å². The van der Waals surface area contributed by atoms with Crippen molar-refractivity contribution in [3.8, 4) is 0 Å². The third-order valence-electron chi connectivity index (χ3n) is 1.69. The summed E-state index contributed by atoms with van der Waals surface area (Å²) in [4.78, 5) is 27.5. The Morgan fingerprint density at radius 1 is 1.31 bits per heavy atom. The second kappa shape index (κ2) is 5.69. The van der Waals surface area contributed by atoms with Crippen molar-refractivity contribution in [1.29, 1.82) is 0 Å². The third kappa shape index (κ3) is 5.55. The van der Waals surface area contributed by atoms with Gasteiger partial charge in [-0.2, -0.15) is 0 Å². The number of amides is 2. The van der Waals surface area contributed by atoms with E-state index in [-0.39, 0.29) is 0 Å². The van der Waals surface area contributed by atoms with Gasteiger partial charge in [0.2, 0.25) is 0 Å². The molecule has 0 aliphatic rings. The molecule has 0 heterocycles. The lowest BCUT2D eigenvalue weighted by Gasteiger charge is -2.23. The van der Waals surface area contributed by atoms with Gasteiger partial charge in [0.05, 0.1) is 7.11 Å². The van der Waals surface area contributed by atoms with Gasteiger partial charge in [0.25, 0.3) is 5.91 Å². The predicted molar refractivity (Wildman–Crippen MR) is 58.6 cm³/mol. The predicted octanol–water partition coefficient (Wildman–Crippen LogP) is 0.919. The van der Waals surface area contributed by atoms with Gasteiger partial charge in [-0.15, -0.1) is 0 Å². The van der Waals surface area contributed by atoms with E-state index in [0.29, 0.717) is 0 Å². The van der Waals surface area contributed by atoms with Crippen molar-refractivity contribution in [2.24, 2.45) is 0 Å². The number of hydrogen-bond acceptors (Lipinski definition) is 4. The highest BCUT2D eigenvalue weighted by Gasteiger charge is 2.23. The first kappa shape index (κ1) is 14.7. The lowest BCUT2D eigenvalue weighted by atomic mass is 10.1. The van der Waals surface area contributed by atoms with Crippen LogP contribution in [0, 0.1) is 0 Å². The molecular formula is C10H20N2O4. The van der Waals surface area contributed by atoms with Gasteiger partial charge >= 0.3 is 6.09 Å². The maximum Gasteiger partial charge on any atom is 0.408 e. The van der Waals surface area contributed by atoms with E-state index in [1.165, 1.54) is 21.1 Å². The van der Waals surface area contributed by atoms with Crippen molar-refractivity contribution in [1.82, 2.24) is 10.4 Å². The van der Waals surface area contributed by atoms with Crippen LogP contribution in [-0.4, -0.2) is 42.9 Å². The molecule has 0 aliphatic heterocycles. The summed E-state index contributed by atoms with van der Waals surface area (Å²) < 4.78 is 4.89. The first-order chi connectivity index (χ1) is 7.17. The van der Waals surface area contributed by atoms with E-state index in [4.69, 9.17) is 4.74 Å². The van der Waals surface area contributed by atoms with Crippen molar-refractivity contribution < 1.29 is 19.2 Å². The van der Waals surface area contributed by atoms with Crippen molar-refractivity contribution >= 4 is 12.0 Å². The number of carbonyl (C=O) groups is 2. The van der Waals surface area contributed by atoms with Crippen LogP contribution in [0.1, 0.15) is 27.7 Å². The Labute approximate surface area is 95.8 Å². The molecule has 0 aromatic carbocycles. The van der Waals surface area contributed by atoms with Crippen molar-refractivity contribution in [2.75, 3.05) is 14.2 Å². The molecule has 0 radical (unpaired) electrons. The molecule has 0 fully saturated rings. The molecule has 0 rings (SSSR count). The first-order valence-corrected chi connectivity index (χ1v) is 4.98. The fraction of sp³-hybridized carbons (Fsp3) is 0.800. The minimum atomic E-state index is -0.882. The Bertz CT molecular complexity index is 260. The number of rotatable bonds is 3. The Balaban J connectivity index is 4.20. The number of nitrogens with zero attached hydrogens (tertiary/aromatic N) is 1. The molecule has 0 aliphatic carbocycles. The summed E-state index contributed by atoms with van der Waals surface area (Å²) in [6, 6.07) is 0. The molecule has 0 saturated heterocycles. The summed E-state index contributed by atoms with van der Waals surface area (Å²) in [5.41, 5.74) is -0.396. The van der Waals surface area contributed by atoms with Gasteiger partial charge < -0.3 is 10.1 Å². The van der Waals surface area contributed by atoms with Crippen LogP contribution in [0.4, 0.5) is 4.79 Å². The zero-order valence-corrected chi connectivity index (χ0v) is 10.7. The number of likely N-dealkylation sites (N-methyl/N-ethyl adjacent to an activating group) is 1. The van der Waals surface area contributed by atoms with Gasteiger partial charge in [0.15, 0.2) is 6.10 Å². The van der Waals surface area contributed by atoms with E-state index >= 15 is 0 Å². The minimum Gasteiger partial charge on any atom is -0.436 e. The standard InChI is InChI=1S/C10H20N2O4/c1-7(8(13)12(5)15-6)16-9(14)11-10(2,3)4/h7H,1-6H3,(H,11,14)/t7-/m0/s1. The van der Waals surface area contributed by atoms with Gasteiger partial charge in [-0.3, -0.25) is 9.63 Å². The molecule has 1 N–H and O–H groups in total. The Hall–Kier alpha value is -1.30. The van der Waals surface area contributed by atoms with E-state index in [1.807, 2.05) is 20.8 Å². The van der Waals surface area contributed by atoms with Crippen LogP contribution < -0.4 is 5.32 Å². The maximum atomic E-state index is 11.5. The van der Waals surface area contributed by atoms with Gasteiger partial charge in [-0.05, 0) is 27.7 Å². The van der Waals surface area contributed by atoms with Crippen LogP contribution >= 0.6 is 0 Å². The molecule has 0 saturated carbocycles. The molecule has 94 valence electrons. The molecule has 0 aromatic rings. The average molecular weight is 232 g/mol. The monoisotopic (exact) mass is 232 g/mol. The summed E-state index contributed by atoms with van der Waals surface area (Å²) >= 11 is 0. The maximum absolute atomic E-state index is 11.5. The number of hydroxylamine groups is 2. The molecule has 6 heteroatoms. The van der Waals surface area contributed by atoms with E-state index in [2.05, 4.69) is 10.2 Å². The molecule has 2 amide bonds. The highest BCUT2D eigenvalue weighted by atomic mass is 16.7. The minimum absolute atomic E-state index is 0.396. The summed E-state index contributed by atoms with van der Waals surface area (Å²) in [5.74, 6) is -0.424. The second-order valence-electron chi connectivity index (χ2n) is 4.44. The van der Waals surface area contributed by atoms with E-state index in [0.717, 1.165) is 5.06 Å². The number of carbonyl (C=O) groups excluding carboxylic acids is 2. The second-order valence-corrected chi connectivity index (χ2v) is 4.44. The highest BCUT2D eigenvalue weighted by molar-refractivity contribution is 5.82. The quantitative estimate of drug-likeness (QED) is 0.735. The lowest BCUT2D eigenvalue weighted by Crippen LogP contribution is -2.44. The zero-order valence-electron chi connectivity index (χ0n) is 10.7. The first-order valence-electron chi connectivity index (χ1n) is 4.98. The molecule has 1 atom stereocenters. The van der Waals surface area contributed by atoms with Crippen LogP contribution in [0.2, 0.25) is 0 Å². The van der Waals surface area contributed by atoms with Crippen molar-refractivity contribution in [2.45, 2.75) is 39.3 Å². The molecule has 0 aromatic heterocycles. The van der Waals surface area contributed by atoms with Crippen LogP contribution in [0.5, 0.6) is 0 Å². The van der Waals surface area contributed by atoms with Crippen molar-refractivity contribution in [3.63, 3.8) is 0 Å². The Morgan fingerprint density at radius 2 is 1.81 bits per heavy atom. The summed E-state index contributed by atoms with van der Waals surface area (Å²) in [6.45, 7) is 6.95. The molecule has 16 heavy (non-hydrogen) atoms. The van der Waals surface area contributed by atoms with Crippen LogP contribution in [-0.2, 0) is 14.4 Å². The number of ether oxygens (including phenoxy) is 1. The van der Waals surface area contributed by atoms with Gasteiger partial charge in [0, 0.05) is 12.6 Å². The average Bonchev–Trinajstić information content (AvgIpc) is 2.12. The molecule has 0 spiro atoms. The SMILES string of the molecule is CON(C)C(=O)[C@H](C)OC(=O)NC(C)(C)C. The van der Waals surface area contributed by atoms with Gasteiger partial charge in [-0.25, -0.2) is 9.86 Å². The van der Waals surface area contributed by atoms with Crippen LogP contribution in [0.15, 0.2) is 0 Å². The molecule has 6 nitrogen and oxygen atoms in total. The lowest BCUT2D eigenvalue weighted by molar-refractivity contribution is -0.177. The molecule has 0 unspecified atom stereocenters. The fourth-order valence-corrected chi connectivity index (χ4v) is 0.893. The van der Waals surface area contributed by atoms with Gasteiger partial charge in [-0.1, -0.05) is 0 Å². The molecule has 0 bridgehead atoms. The van der Waals surface area contributed by atoms with Crippen LogP contribution in [0.3, 0.4) is 0 Å². The molecular weight excluding hydrogens is 212 g/mol.